The minimum Gasteiger partial charge on any atom is -0.370 e. The molecule has 2 aliphatic carbocycles. The van der Waals surface area contributed by atoms with Gasteiger partial charge in [0.15, 0.2) is 0 Å². The van der Waals surface area contributed by atoms with E-state index in [0.29, 0.717) is 5.92 Å². The van der Waals surface area contributed by atoms with Gasteiger partial charge in [-0.25, -0.2) is 4.98 Å². The number of fused-ring (bicyclic) bond motifs is 1. The van der Waals surface area contributed by atoms with Crippen molar-refractivity contribution >= 4 is 11.4 Å². The van der Waals surface area contributed by atoms with Crippen molar-refractivity contribution in [1.82, 2.24) is 4.98 Å². The van der Waals surface area contributed by atoms with Gasteiger partial charge in [-0.1, -0.05) is 25.8 Å². The molecule has 1 aromatic heterocycles. The van der Waals surface area contributed by atoms with Crippen molar-refractivity contribution in [2.24, 2.45) is 17.8 Å². The first-order valence-electron chi connectivity index (χ1n) is 8.52. The summed E-state index contributed by atoms with van der Waals surface area (Å²) in [6.45, 7) is 7.75. The van der Waals surface area contributed by atoms with Crippen LogP contribution in [0.1, 0.15) is 58.4 Å². The van der Waals surface area contributed by atoms with Crippen molar-refractivity contribution in [3.63, 3.8) is 0 Å². The summed E-state index contributed by atoms with van der Waals surface area (Å²) in [6.07, 6.45) is 8.97. The summed E-state index contributed by atoms with van der Waals surface area (Å²) in [6, 6.07) is 4.39. The van der Waals surface area contributed by atoms with Gasteiger partial charge in [0.1, 0.15) is 5.82 Å². The largest absolute Gasteiger partial charge is 0.370 e. The summed E-state index contributed by atoms with van der Waals surface area (Å²) in [5.74, 6) is 3.55. The lowest BCUT2D eigenvalue weighted by molar-refractivity contribution is 0.376. The van der Waals surface area contributed by atoms with Crippen LogP contribution in [0.3, 0.4) is 0 Å². The number of hydrogen-bond donors (Lipinski definition) is 1. The average Bonchev–Trinajstić information content (AvgIpc) is 2.92. The molecule has 114 valence electrons. The summed E-state index contributed by atoms with van der Waals surface area (Å²) in [5, 5.41) is 3.40. The third-order valence-electron chi connectivity index (χ3n) is 5.17. The second kappa shape index (κ2) is 6.21. The number of hydrogen-bond acceptors (Lipinski definition) is 2. The molecule has 2 heteroatoms. The molecule has 2 unspecified atom stereocenters. The van der Waals surface area contributed by atoms with E-state index in [2.05, 4.69) is 49.4 Å². The Morgan fingerprint density at radius 3 is 2.62 bits per heavy atom. The van der Waals surface area contributed by atoms with Crippen LogP contribution in [0.15, 0.2) is 23.9 Å². The molecule has 1 N–H and O–H groups in total. The van der Waals surface area contributed by atoms with Crippen molar-refractivity contribution in [2.45, 2.75) is 52.9 Å². The molecule has 3 rings (SSSR count). The summed E-state index contributed by atoms with van der Waals surface area (Å²) < 4.78 is 0. The number of rotatable bonds is 4. The molecule has 0 amide bonds. The van der Waals surface area contributed by atoms with Gasteiger partial charge in [0.2, 0.25) is 0 Å². The van der Waals surface area contributed by atoms with Crippen LogP contribution >= 0.6 is 0 Å². The second-order valence-corrected chi connectivity index (χ2v) is 7.33. The maximum atomic E-state index is 4.60. The molecule has 1 fully saturated rings. The molecule has 0 radical (unpaired) electrons. The molecule has 1 aromatic rings. The Morgan fingerprint density at radius 2 is 1.95 bits per heavy atom. The fourth-order valence-corrected chi connectivity index (χ4v) is 3.95. The number of nitrogens with zero attached hydrogens (tertiary/aromatic N) is 1. The van der Waals surface area contributed by atoms with E-state index in [1.54, 1.807) is 11.1 Å². The van der Waals surface area contributed by atoms with E-state index in [4.69, 9.17) is 0 Å². The van der Waals surface area contributed by atoms with Crippen LogP contribution in [0.25, 0.3) is 5.57 Å². The van der Waals surface area contributed by atoms with Crippen LogP contribution in [0.2, 0.25) is 0 Å². The van der Waals surface area contributed by atoms with Gasteiger partial charge in [-0.05, 0) is 73.6 Å². The molecule has 2 atom stereocenters. The van der Waals surface area contributed by atoms with Crippen molar-refractivity contribution in [1.29, 1.82) is 0 Å². The topological polar surface area (TPSA) is 24.9 Å². The number of nitrogens with one attached hydrogen (secondary N) is 1. The number of aromatic nitrogens is 1. The van der Waals surface area contributed by atoms with Crippen LogP contribution in [-0.2, 0) is 0 Å². The van der Waals surface area contributed by atoms with Gasteiger partial charge >= 0.3 is 0 Å². The van der Waals surface area contributed by atoms with Gasteiger partial charge in [-0.2, -0.15) is 0 Å². The van der Waals surface area contributed by atoms with E-state index in [1.807, 2.05) is 0 Å². The first-order valence-corrected chi connectivity index (χ1v) is 8.52. The fourth-order valence-electron chi connectivity index (χ4n) is 3.95. The highest BCUT2D eigenvalue weighted by Crippen LogP contribution is 2.46. The molecule has 2 nitrogen and oxygen atoms in total. The highest BCUT2D eigenvalue weighted by molar-refractivity contribution is 5.69. The third-order valence-corrected chi connectivity index (χ3v) is 5.17. The van der Waals surface area contributed by atoms with E-state index < -0.39 is 0 Å². The van der Waals surface area contributed by atoms with Crippen LogP contribution in [-0.4, -0.2) is 11.5 Å². The predicted molar refractivity (Wildman–Crippen MR) is 90.2 cm³/mol. The number of anilines is 1. The lowest BCUT2D eigenvalue weighted by Crippen LogP contribution is -2.15. The minimum absolute atomic E-state index is 0.647. The Morgan fingerprint density at radius 1 is 1.19 bits per heavy atom. The summed E-state index contributed by atoms with van der Waals surface area (Å²) in [7, 11) is 0. The Labute approximate surface area is 129 Å². The summed E-state index contributed by atoms with van der Waals surface area (Å²) in [4.78, 5) is 4.60. The molecule has 0 saturated heterocycles. The molecule has 0 aromatic carbocycles. The number of pyridine rings is 1. The van der Waals surface area contributed by atoms with Crippen LogP contribution in [0, 0.1) is 17.8 Å². The van der Waals surface area contributed by atoms with Gasteiger partial charge in [0.05, 0.1) is 0 Å². The Hall–Kier alpha value is -1.31. The van der Waals surface area contributed by atoms with E-state index >= 15 is 0 Å². The zero-order valence-electron chi connectivity index (χ0n) is 13.7. The summed E-state index contributed by atoms with van der Waals surface area (Å²) >= 11 is 0. The maximum Gasteiger partial charge on any atom is 0.125 e. The van der Waals surface area contributed by atoms with Crippen molar-refractivity contribution in [3.05, 3.63) is 29.5 Å². The second-order valence-electron chi connectivity index (χ2n) is 7.33. The molecule has 1 heterocycles. The molecule has 0 bridgehead atoms. The Kier molecular flexibility index (Phi) is 4.32. The smallest absolute Gasteiger partial charge is 0.125 e. The van der Waals surface area contributed by atoms with Gasteiger partial charge in [0.25, 0.3) is 0 Å². The standard InChI is InChI=1S/C19H28N2/c1-13(2)11-20-19-8-7-17(12-21-19)18-10-16-6-4-5-15(16)9-14(18)3/h7-8,12-13,15-16H,4-6,9-11H2,1-3H3,(H,20,21). The molecule has 1 saturated carbocycles. The van der Waals surface area contributed by atoms with Gasteiger partial charge in [-0.15, -0.1) is 0 Å². The van der Waals surface area contributed by atoms with Crippen molar-refractivity contribution in [3.8, 4) is 0 Å². The zero-order chi connectivity index (χ0) is 14.8. The van der Waals surface area contributed by atoms with Crippen LogP contribution in [0.5, 0.6) is 0 Å². The lowest BCUT2D eigenvalue weighted by atomic mass is 9.76. The van der Waals surface area contributed by atoms with Gasteiger partial charge < -0.3 is 5.32 Å². The molecular weight excluding hydrogens is 256 g/mol. The minimum atomic E-state index is 0.647. The normalized spacial score (nSPS) is 25.3. The first-order chi connectivity index (χ1) is 10.1. The predicted octanol–water partition coefficient (Wildman–Crippen LogP) is 5.13. The third kappa shape index (κ3) is 3.30. The van der Waals surface area contributed by atoms with E-state index in [9.17, 15) is 0 Å². The molecule has 0 spiro atoms. The lowest BCUT2D eigenvalue weighted by Gasteiger charge is -2.29. The molecular formula is C19H28N2. The van der Waals surface area contributed by atoms with Crippen LogP contribution < -0.4 is 5.32 Å². The van der Waals surface area contributed by atoms with Crippen molar-refractivity contribution < 1.29 is 0 Å². The molecule has 21 heavy (non-hydrogen) atoms. The van der Waals surface area contributed by atoms with Crippen molar-refractivity contribution in [2.75, 3.05) is 11.9 Å². The number of allylic oxidation sites excluding steroid dienone is 2. The Balaban J connectivity index is 1.72. The fraction of sp³-hybridized carbons (Fsp3) is 0.632. The van der Waals surface area contributed by atoms with Gasteiger partial charge in [0, 0.05) is 12.7 Å². The highest BCUT2D eigenvalue weighted by Gasteiger charge is 2.32. The molecule has 0 aliphatic heterocycles. The summed E-state index contributed by atoms with van der Waals surface area (Å²) in [5.41, 5.74) is 4.51. The molecule has 2 aliphatic rings. The first kappa shape index (κ1) is 14.6. The van der Waals surface area contributed by atoms with E-state index in [0.717, 1.165) is 24.2 Å². The van der Waals surface area contributed by atoms with Gasteiger partial charge in [-0.3, -0.25) is 0 Å². The monoisotopic (exact) mass is 284 g/mol. The highest BCUT2D eigenvalue weighted by atomic mass is 15.0. The SMILES string of the molecule is CC1=C(c2ccc(NCC(C)C)nc2)CC2CCCC2C1. The van der Waals surface area contributed by atoms with E-state index in [1.165, 1.54) is 37.7 Å². The maximum absolute atomic E-state index is 4.60. The average molecular weight is 284 g/mol. The van der Waals surface area contributed by atoms with E-state index in [-0.39, 0.29) is 0 Å². The Bertz CT molecular complexity index is 513. The zero-order valence-corrected chi connectivity index (χ0v) is 13.7. The quantitative estimate of drug-likeness (QED) is 0.828. The van der Waals surface area contributed by atoms with Crippen LogP contribution in [0.4, 0.5) is 5.82 Å².